The largest absolute Gasteiger partial charge is 0.354 e. The lowest BCUT2D eigenvalue weighted by Crippen LogP contribution is -2.33. The zero-order chi connectivity index (χ0) is 13.7. The third-order valence-corrected chi connectivity index (χ3v) is 3.43. The molecule has 1 aromatic rings. The molecule has 1 heterocycles. The third-order valence-electron chi connectivity index (χ3n) is 2.48. The second-order valence-electron chi connectivity index (χ2n) is 4.36. The van der Waals surface area contributed by atoms with Crippen molar-refractivity contribution >= 4 is 40.6 Å². The van der Waals surface area contributed by atoms with Crippen molar-refractivity contribution in [2.75, 3.05) is 38.6 Å². The van der Waals surface area contributed by atoms with Crippen LogP contribution in [0.2, 0.25) is 15.2 Å². The van der Waals surface area contributed by atoms with Crippen LogP contribution in [0.3, 0.4) is 0 Å². The highest BCUT2D eigenvalue weighted by atomic mass is 35.5. The molecule has 0 atom stereocenters. The Morgan fingerprint density at radius 1 is 1.06 bits per heavy atom. The Labute approximate surface area is 124 Å². The maximum atomic E-state index is 6.19. The van der Waals surface area contributed by atoms with Gasteiger partial charge < -0.3 is 9.80 Å². The van der Waals surface area contributed by atoms with Crippen molar-refractivity contribution in [3.63, 3.8) is 0 Å². The Bertz CT molecular complexity index is 396. The number of anilines is 1. The fourth-order valence-corrected chi connectivity index (χ4v) is 2.18. The summed E-state index contributed by atoms with van der Waals surface area (Å²) in [5, 5.41) is 1.22. The van der Waals surface area contributed by atoms with E-state index in [1.165, 1.54) is 0 Å². The fourth-order valence-electron chi connectivity index (χ4n) is 1.57. The summed E-state index contributed by atoms with van der Waals surface area (Å²) >= 11 is 18.0. The van der Waals surface area contributed by atoms with Gasteiger partial charge in [0.2, 0.25) is 0 Å². The van der Waals surface area contributed by atoms with Gasteiger partial charge in [-0.15, -0.1) is 0 Å². The van der Waals surface area contributed by atoms with Crippen molar-refractivity contribution in [3.05, 3.63) is 21.3 Å². The lowest BCUT2D eigenvalue weighted by Gasteiger charge is -2.26. The van der Waals surface area contributed by atoms with E-state index in [9.17, 15) is 0 Å². The standard InChI is InChI=1S/C12H18Cl3N3/c1-4-5-18(7-6-17(2)3)12-10(14)8-9(13)11(15)16-12/h8H,4-7H2,1-3H3. The van der Waals surface area contributed by atoms with Crippen LogP contribution in [0.25, 0.3) is 0 Å². The number of halogens is 3. The fraction of sp³-hybridized carbons (Fsp3) is 0.583. The number of rotatable bonds is 6. The van der Waals surface area contributed by atoms with E-state index in [4.69, 9.17) is 34.8 Å². The maximum Gasteiger partial charge on any atom is 0.150 e. The quantitative estimate of drug-likeness (QED) is 0.745. The van der Waals surface area contributed by atoms with Gasteiger partial charge in [-0.05, 0) is 26.6 Å². The molecule has 0 aliphatic rings. The van der Waals surface area contributed by atoms with Crippen LogP contribution in [0.5, 0.6) is 0 Å². The van der Waals surface area contributed by atoms with E-state index in [1.807, 2.05) is 14.1 Å². The van der Waals surface area contributed by atoms with Gasteiger partial charge in [0.15, 0.2) is 0 Å². The summed E-state index contributed by atoms with van der Waals surface area (Å²) in [6, 6.07) is 1.64. The van der Waals surface area contributed by atoms with Crippen molar-refractivity contribution in [1.82, 2.24) is 9.88 Å². The molecule has 0 saturated heterocycles. The first-order valence-electron chi connectivity index (χ1n) is 5.87. The molecule has 0 spiro atoms. The summed E-state index contributed by atoms with van der Waals surface area (Å²) in [6.07, 6.45) is 1.02. The average Bonchev–Trinajstić information content (AvgIpc) is 2.29. The molecule has 0 amide bonds. The zero-order valence-electron chi connectivity index (χ0n) is 10.9. The molecule has 0 radical (unpaired) electrons. The van der Waals surface area contributed by atoms with Crippen LogP contribution in [0.4, 0.5) is 5.82 Å². The maximum absolute atomic E-state index is 6.19. The van der Waals surface area contributed by atoms with Crippen molar-refractivity contribution in [3.8, 4) is 0 Å². The molecule has 0 unspecified atom stereocenters. The second-order valence-corrected chi connectivity index (χ2v) is 5.53. The van der Waals surface area contributed by atoms with E-state index in [1.54, 1.807) is 6.07 Å². The number of pyridine rings is 1. The van der Waals surface area contributed by atoms with Gasteiger partial charge >= 0.3 is 0 Å². The van der Waals surface area contributed by atoms with Crippen LogP contribution in [-0.2, 0) is 0 Å². The smallest absolute Gasteiger partial charge is 0.150 e. The highest BCUT2D eigenvalue weighted by Gasteiger charge is 2.14. The van der Waals surface area contributed by atoms with Crippen LogP contribution in [0, 0.1) is 0 Å². The van der Waals surface area contributed by atoms with Crippen molar-refractivity contribution in [2.24, 2.45) is 0 Å². The minimum Gasteiger partial charge on any atom is -0.354 e. The number of likely N-dealkylation sites (N-methyl/N-ethyl adjacent to an activating group) is 1. The third kappa shape index (κ3) is 4.47. The summed E-state index contributed by atoms with van der Waals surface area (Å²) in [4.78, 5) is 8.53. The van der Waals surface area contributed by atoms with Gasteiger partial charge in [-0.1, -0.05) is 41.7 Å². The van der Waals surface area contributed by atoms with E-state index < -0.39 is 0 Å². The van der Waals surface area contributed by atoms with Crippen LogP contribution in [0.15, 0.2) is 6.07 Å². The van der Waals surface area contributed by atoms with Crippen LogP contribution in [0.1, 0.15) is 13.3 Å². The normalized spacial score (nSPS) is 11.1. The summed E-state index contributed by atoms with van der Waals surface area (Å²) < 4.78 is 0. The van der Waals surface area contributed by atoms with Crippen LogP contribution < -0.4 is 4.90 Å². The number of nitrogens with zero attached hydrogens (tertiary/aromatic N) is 3. The molecular formula is C12H18Cl3N3. The van der Waals surface area contributed by atoms with Gasteiger partial charge in [-0.25, -0.2) is 4.98 Å². The van der Waals surface area contributed by atoms with Crippen LogP contribution in [-0.4, -0.2) is 43.6 Å². The van der Waals surface area contributed by atoms with E-state index >= 15 is 0 Å². The summed E-state index contributed by atoms with van der Waals surface area (Å²) in [7, 11) is 4.07. The molecule has 18 heavy (non-hydrogen) atoms. The molecule has 0 aliphatic heterocycles. The molecule has 0 fully saturated rings. The average molecular weight is 311 g/mol. The molecule has 0 aliphatic carbocycles. The second kappa shape index (κ2) is 7.39. The Morgan fingerprint density at radius 2 is 1.72 bits per heavy atom. The SMILES string of the molecule is CCCN(CCN(C)C)c1nc(Cl)c(Cl)cc1Cl. The molecule has 6 heteroatoms. The summed E-state index contributed by atoms with van der Waals surface area (Å²) in [5.74, 6) is 0.703. The minimum absolute atomic E-state index is 0.294. The van der Waals surface area contributed by atoms with Gasteiger partial charge in [0.1, 0.15) is 11.0 Å². The van der Waals surface area contributed by atoms with Crippen molar-refractivity contribution in [1.29, 1.82) is 0 Å². The first-order chi connectivity index (χ1) is 8.45. The first-order valence-corrected chi connectivity index (χ1v) is 7.00. The topological polar surface area (TPSA) is 19.4 Å². The van der Waals surface area contributed by atoms with Gasteiger partial charge in [0.05, 0.1) is 10.0 Å². The molecule has 0 saturated carbocycles. The predicted molar refractivity (Wildman–Crippen MR) is 80.3 cm³/mol. The lowest BCUT2D eigenvalue weighted by molar-refractivity contribution is 0.412. The molecule has 0 bridgehead atoms. The highest BCUT2D eigenvalue weighted by Crippen LogP contribution is 2.31. The number of hydrogen-bond acceptors (Lipinski definition) is 3. The zero-order valence-corrected chi connectivity index (χ0v) is 13.1. The highest BCUT2D eigenvalue weighted by molar-refractivity contribution is 6.42. The van der Waals surface area contributed by atoms with Crippen molar-refractivity contribution in [2.45, 2.75) is 13.3 Å². The monoisotopic (exact) mass is 309 g/mol. The van der Waals surface area contributed by atoms with E-state index in [0.29, 0.717) is 21.0 Å². The van der Waals surface area contributed by atoms with E-state index in [0.717, 1.165) is 26.1 Å². The molecule has 1 aromatic heterocycles. The molecule has 0 N–H and O–H groups in total. The molecule has 1 rings (SSSR count). The Hall–Kier alpha value is -0.220. The number of aromatic nitrogens is 1. The Morgan fingerprint density at radius 3 is 2.28 bits per heavy atom. The van der Waals surface area contributed by atoms with Crippen molar-refractivity contribution < 1.29 is 0 Å². The lowest BCUT2D eigenvalue weighted by atomic mass is 10.3. The van der Waals surface area contributed by atoms with Gasteiger partial charge in [0, 0.05) is 19.6 Å². The number of hydrogen-bond donors (Lipinski definition) is 0. The van der Waals surface area contributed by atoms with Gasteiger partial charge in [-0.2, -0.15) is 0 Å². The van der Waals surface area contributed by atoms with E-state index in [2.05, 4.69) is 21.7 Å². The molecule has 102 valence electrons. The summed E-state index contributed by atoms with van der Waals surface area (Å²) in [5.41, 5.74) is 0. The molecular weight excluding hydrogens is 293 g/mol. The Balaban J connectivity index is 2.94. The molecule has 0 aromatic carbocycles. The first kappa shape index (κ1) is 15.8. The van der Waals surface area contributed by atoms with Gasteiger partial charge in [0.25, 0.3) is 0 Å². The minimum atomic E-state index is 0.294. The van der Waals surface area contributed by atoms with Gasteiger partial charge in [-0.3, -0.25) is 0 Å². The summed E-state index contributed by atoms with van der Waals surface area (Å²) in [6.45, 7) is 4.79. The predicted octanol–water partition coefficient (Wildman–Crippen LogP) is 3.82. The molecule has 3 nitrogen and oxygen atoms in total. The van der Waals surface area contributed by atoms with E-state index in [-0.39, 0.29) is 0 Å². The Kier molecular flexibility index (Phi) is 6.50. The van der Waals surface area contributed by atoms with Crippen LogP contribution >= 0.6 is 34.8 Å².